The Bertz CT molecular complexity index is 966. The second kappa shape index (κ2) is 10.4. The van der Waals surface area contributed by atoms with Crippen molar-refractivity contribution in [2.45, 2.75) is 19.4 Å². The average molecular weight is 428 g/mol. The topological polar surface area (TPSA) is 99.5 Å². The molecule has 1 fully saturated rings. The molecule has 1 aliphatic heterocycles. The number of anilines is 1. The number of nitrogens with one attached hydrogen (secondary N) is 1. The lowest BCUT2D eigenvalue weighted by molar-refractivity contribution is 0.0378. The highest BCUT2D eigenvalue weighted by Gasteiger charge is 2.13. The van der Waals surface area contributed by atoms with Crippen molar-refractivity contribution in [1.29, 1.82) is 0 Å². The molecule has 0 amide bonds. The van der Waals surface area contributed by atoms with Gasteiger partial charge < -0.3 is 19.5 Å². The van der Waals surface area contributed by atoms with Crippen molar-refractivity contribution < 1.29 is 14.2 Å². The van der Waals surface area contributed by atoms with Crippen LogP contribution in [0.1, 0.15) is 12.0 Å². The van der Waals surface area contributed by atoms with Crippen molar-refractivity contribution in [2.75, 3.05) is 58.9 Å². The van der Waals surface area contributed by atoms with E-state index in [1.54, 1.807) is 20.5 Å². The molecule has 2 aromatic heterocycles. The molecule has 3 aromatic rings. The third kappa shape index (κ3) is 5.39. The SMILES string of the molecule is COc1cc(CCn2nnc3c(NCCCN4CCOCC4)ncnc32)cc(OC)c1. The van der Waals surface area contributed by atoms with Gasteiger partial charge >= 0.3 is 0 Å². The molecule has 1 saturated heterocycles. The zero-order chi connectivity index (χ0) is 21.5. The van der Waals surface area contributed by atoms with Crippen LogP contribution in [0.25, 0.3) is 11.2 Å². The number of hydrogen-bond acceptors (Lipinski definition) is 9. The number of methoxy groups -OCH3 is 2. The van der Waals surface area contributed by atoms with Gasteiger partial charge in [0.2, 0.25) is 0 Å². The number of benzene rings is 1. The van der Waals surface area contributed by atoms with Gasteiger partial charge in [0.05, 0.1) is 27.4 Å². The zero-order valence-electron chi connectivity index (χ0n) is 18.1. The maximum atomic E-state index is 5.39. The minimum Gasteiger partial charge on any atom is -0.497 e. The fourth-order valence-corrected chi connectivity index (χ4v) is 3.65. The molecule has 3 heterocycles. The summed E-state index contributed by atoms with van der Waals surface area (Å²) in [6, 6.07) is 5.86. The number of ether oxygens (including phenoxy) is 3. The normalized spacial score (nSPS) is 14.6. The molecule has 0 bridgehead atoms. The number of nitrogens with zero attached hydrogens (tertiary/aromatic N) is 6. The number of aryl methyl sites for hydroxylation is 2. The van der Waals surface area contributed by atoms with E-state index in [1.807, 2.05) is 22.9 Å². The van der Waals surface area contributed by atoms with Gasteiger partial charge in [-0.1, -0.05) is 5.21 Å². The summed E-state index contributed by atoms with van der Waals surface area (Å²) in [5.41, 5.74) is 2.51. The Morgan fingerprint density at radius 1 is 1.03 bits per heavy atom. The van der Waals surface area contributed by atoms with Crippen LogP contribution < -0.4 is 14.8 Å². The standard InChI is InChI=1S/C21H29N7O3/c1-29-17-12-16(13-18(14-17)30-2)4-7-28-21-19(25-26-28)20(23-15-24-21)22-5-3-6-27-8-10-31-11-9-27/h12-15H,3-11H2,1-2H3,(H,22,23,24). The highest BCUT2D eigenvalue weighted by Crippen LogP contribution is 2.23. The first kappa shape index (κ1) is 21.3. The summed E-state index contributed by atoms with van der Waals surface area (Å²) in [5.74, 6) is 2.26. The largest absolute Gasteiger partial charge is 0.497 e. The van der Waals surface area contributed by atoms with Gasteiger partial charge in [0, 0.05) is 32.2 Å². The summed E-state index contributed by atoms with van der Waals surface area (Å²) in [5, 5.41) is 12.0. The number of morpholine rings is 1. The van der Waals surface area contributed by atoms with Gasteiger partial charge in [0.25, 0.3) is 0 Å². The molecule has 166 valence electrons. The Morgan fingerprint density at radius 3 is 2.55 bits per heavy atom. The summed E-state index contributed by atoms with van der Waals surface area (Å²) in [4.78, 5) is 11.2. The molecule has 0 atom stereocenters. The third-order valence-electron chi connectivity index (χ3n) is 5.37. The van der Waals surface area contributed by atoms with E-state index in [4.69, 9.17) is 14.2 Å². The Balaban J connectivity index is 1.37. The first-order valence-corrected chi connectivity index (χ1v) is 10.6. The quantitative estimate of drug-likeness (QED) is 0.484. The summed E-state index contributed by atoms with van der Waals surface area (Å²) in [7, 11) is 3.30. The molecular weight excluding hydrogens is 398 g/mol. The van der Waals surface area contributed by atoms with Gasteiger partial charge in [-0.2, -0.15) is 0 Å². The van der Waals surface area contributed by atoms with E-state index in [0.717, 1.165) is 80.8 Å². The van der Waals surface area contributed by atoms with Crippen LogP contribution in [-0.4, -0.2) is 83.5 Å². The van der Waals surface area contributed by atoms with Crippen molar-refractivity contribution in [1.82, 2.24) is 29.9 Å². The molecule has 4 rings (SSSR count). The smallest absolute Gasteiger partial charge is 0.183 e. The van der Waals surface area contributed by atoms with Crippen LogP contribution in [0.15, 0.2) is 24.5 Å². The molecule has 0 aliphatic carbocycles. The van der Waals surface area contributed by atoms with E-state index in [1.165, 1.54) is 0 Å². The fourth-order valence-electron chi connectivity index (χ4n) is 3.65. The minimum absolute atomic E-state index is 0.639. The van der Waals surface area contributed by atoms with Crippen LogP contribution in [-0.2, 0) is 17.7 Å². The highest BCUT2D eigenvalue weighted by molar-refractivity contribution is 5.81. The number of hydrogen-bond donors (Lipinski definition) is 1. The molecular formula is C21H29N7O3. The lowest BCUT2D eigenvalue weighted by Crippen LogP contribution is -2.37. The van der Waals surface area contributed by atoms with Crippen LogP contribution in [0.4, 0.5) is 5.82 Å². The molecule has 1 aliphatic rings. The van der Waals surface area contributed by atoms with Crippen molar-refractivity contribution in [3.8, 4) is 11.5 Å². The number of fused-ring (bicyclic) bond motifs is 1. The van der Waals surface area contributed by atoms with Crippen LogP contribution >= 0.6 is 0 Å². The molecule has 0 saturated carbocycles. The van der Waals surface area contributed by atoms with Gasteiger partial charge in [-0.3, -0.25) is 4.90 Å². The molecule has 31 heavy (non-hydrogen) atoms. The maximum absolute atomic E-state index is 5.39. The lowest BCUT2D eigenvalue weighted by atomic mass is 10.1. The Hall–Kier alpha value is -2.98. The highest BCUT2D eigenvalue weighted by atomic mass is 16.5. The second-order valence-electron chi connectivity index (χ2n) is 7.41. The lowest BCUT2D eigenvalue weighted by Gasteiger charge is -2.26. The van der Waals surface area contributed by atoms with Gasteiger partial charge in [0.15, 0.2) is 17.0 Å². The second-order valence-corrected chi connectivity index (χ2v) is 7.41. The predicted octanol–water partition coefficient (Wildman–Crippen LogP) is 1.62. The summed E-state index contributed by atoms with van der Waals surface area (Å²) in [6.07, 6.45) is 3.33. The molecule has 10 nitrogen and oxygen atoms in total. The summed E-state index contributed by atoms with van der Waals surface area (Å²) >= 11 is 0. The predicted molar refractivity (Wildman–Crippen MR) is 117 cm³/mol. The van der Waals surface area contributed by atoms with E-state index >= 15 is 0 Å². The van der Waals surface area contributed by atoms with Crippen LogP contribution in [0.5, 0.6) is 11.5 Å². The van der Waals surface area contributed by atoms with E-state index in [2.05, 4.69) is 30.5 Å². The van der Waals surface area contributed by atoms with Crippen LogP contribution in [0.3, 0.4) is 0 Å². The molecule has 0 unspecified atom stereocenters. The van der Waals surface area contributed by atoms with Crippen LogP contribution in [0, 0.1) is 0 Å². The van der Waals surface area contributed by atoms with Gasteiger partial charge in [-0.05, 0) is 37.1 Å². The van der Waals surface area contributed by atoms with Crippen molar-refractivity contribution in [2.24, 2.45) is 0 Å². The number of aromatic nitrogens is 5. The average Bonchev–Trinajstić information content (AvgIpc) is 3.24. The molecule has 0 spiro atoms. The van der Waals surface area contributed by atoms with Gasteiger partial charge in [0.1, 0.15) is 17.8 Å². The molecule has 1 aromatic carbocycles. The first-order valence-electron chi connectivity index (χ1n) is 10.6. The Kier molecular flexibility index (Phi) is 7.11. The van der Waals surface area contributed by atoms with Crippen molar-refractivity contribution in [3.63, 3.8) is 0 Å². The van der Waals surface area contributed by atoms with E-state index in [0.29, 0.717) is 12.1 Å². The Morgan fingerprint density at radius 2 is 1.81 bits per heavy atom. The monoisotopic (exact) mass is 427 g/mol. The van der Waals surface area contributed by atoms with E-state index in [9.17, 15) is 0 Å². The van der Waals surface area contributed by atoms with Crippen LogP contribution in [0.2, 0.25) is 0 Å². The fraction of sp³-hybridized carbons (Fsp3) is 0.524. The molecule has 1 N–H and O–H groups in total. The minimum atomic E-state index is 0.639. The van der Waals surface area contributed by atoms with Gasteiger partial charge in [-0.15, -0.1) is 5.10 Å². The first-order chi connectivity index (χ1) is 15.3. The maximum Gasteiger partial charge on any atom is 0.183 e. The van der Waals surface area contributed by atoms with E-state index in [-0.39, 0.29) is 0 Å². The Labute approximate surface area is 181 Å². The van der Waals surface area contributed by atoms with Crippen molar-refractivity contribution in [3.05, 3.63) is 30.1 Å². The van der Waals surface area contributed by atoms with Gasteiger partial charge in [-0.25, -0.2) is 14.6 Å². The summed E-state index contributed by atoms with van der Waals surface area (Å²) in [6.45, 7) is 6.16. The molecule has 0 radical (unpaired) electrons. The molecule has 10 heteroatoms. The van der Waals surface area contributed by atoms with Crippen molar-refractivity contribution >= 4 is 17.0 Å². The zero-order valence-corrected chi connectivity index (χ0v) is 18.1. The summed E-state index contributed by atoms with van der Waals surface area (Å²) < 4.78 is 17.9. The van der Waals surface area contributed by atoms with E-state index < -0.39 is 0 Å². The number of rotatable bonds is 10. The third-order valence-corrected chi connectivity index (χ3v) is 5.37.